The average Bonchev–Trinajstić information content (AvgIpc) is 2.77. The van der Waals surface area contributed by atoms with Gasteiger partial charge in [0, 0.05) is 30.6 Å². The van der Waals surface area contributed by atoms with Crippen LogP contribution in [0, 0.1) is 13.8 Å². The van der Waals surface area contributed by atoms with Crippen LogP contribution in [0.25, 0.3) is 0 Å². The highest BCUT2D eigenvalue weighted by Gasteiger charge is 2.29. The van der Waals surface area contributed by atoms with Crippen molar-refractivity contribution in [2.75, 3.05) is 17.1 Å². The van der Waals surface area contributed by atoms with Crippen molar-refractivity contribution >= 4 is 39.1 Å². The molecule has 2 amide bonds. The summed E-state index contributed by atoms with van der Waals surface area (Å²) in [5.74, 6) is -0.389. The molecule has 0 aliphatic carbocycles. The van der Waals surface area contributed by atoms with Crippen LogP contribution in [-0.4, -0.2) is 50.0 Å². The Kier molecular flexibility index (Phi) is 10.8. The first-order valence-corrected chi connectivity index (χ1v) is 14.5. The maximum absolute atomic E-state index is 13.5. The molecule has 0 saturated heterocycles. The number of nitrogens with zero attached hydrogens (tertiary/aromatic N) is 2. The Hall–Kier alpha value is -2.58. The molecular formula is C27H38ClN3O4S. The minimum absolute atomic E-state index is 0.0493. The van der Waals surface area contributed by atoms with Gasteiger partial charge in [-0.15, -0.1) is 0 Å². The standard InChI is InChI=1S/C27H38ClN3O4S/c1-7-24(27(33)29-19(2)3)30(18-22-12-8-11-20(4)17-22)26(32)15-10-16-31(36(6,34)35)25-14-9-13-23(28)21(25)5/h8-9,11-14,17,19,24H,7,10,15-16,18H2,1-6H3,(H,29,33). The largest absolute Gasteiger partial charge is 0.352 e. The summed E-state index contributed by atoms with van der Waals surface area (Å²) in [4.78, 5) is 28.0. The number of anilines is 1. The molecule has 0 fully saturated rings. The maximum Gasteiger partial charge on any atom is 0.243 e. The van der Waals surface area contributed by atoms with Gasteiger partial charge in [-0.1, -0.05) is 54.4 Å². The quantitative estimate of drug-likeness (QED) is 0.421. The zero-order valence-electron chi connectivity index (χ0n) is 22.0. The number of hydrogen-bond acceptors (Lipinski definition) is 4. The van der Waals surface area contributed by atoms with Crippen molar-refractivity contribution in [2.24, 2.45) is 0 Å². The van der Waals surface area contributed by atoms with E-state index in [4.69, 9.17) is 11.6 Å². The second-order valence-corrected chi connectivity index (χ2v) is 11.7. The molecule has 36 heavy (non-hydrogen) atoms. The van der Waals surface area contributed by atoms with E-state index in [1.807, 2.05) is 52.0 Å². The van der Waals surface area contributed by atoms with Gasteiger partial charge >= 0.3 is 0 Å². The van der Waals surface area contributed by atoms with E-state index in [0.29, 0.717) is 35.7 Å². The van der Waals surface area contributed by atoms with Gasteiger partial charge in [0.25, 0.3) is 0 Å². The molecule has 198 valence electrons. The summed E-state index contributed by atoms with van der Waals surface area (Å²) in [5, 5.41) is 3.40. The summed E-state index contributed by atoms with van der Waals surface area (Å²) in [7, 11) is -3.59. The normalized spacial score (nSPS) is 12.3. The van der Waals surface area contributed by atoms with Gasteiger partial charge in [0.05, 0.1) is 11.9 Å². The highest BCUT2D eigenvalue weighted by Crippen LogP contribution is 2.28. The number of halogens is 1. The lowest BCUT2D eigenvalue weighted by atomic mass is 10.1. The molecule has 0 saturated carbocycles. The molecule has 0 spiro atoms. The third-order valence-corrected chi connectivity index (χ3v) is 7.50. The molecule has 1 unspecified atom stereocenters. The lowest BCUT2D eigenvalue weighted by Crippen LogP contribution is -2.50. The monoisotopic (exact) mass is 535 g/mol. The summed E-state index contributed by atoms with van der Waals surface area (Å²) in [5.41, 5.74) is 3.16. The highest BCUT2D eigenvalue weighted by atomic mass is 35.5. The molecule has 0 aliphatic heterocycles. The van der Waals surface area contributed by atoms with Crippen molar-refractivity contribution in [1.29, 1.82) is 0 Å². The Labute approximate surface area is 220 Å². The molecule has 2 aromatic carbocycles. The highest BCUT2D eigenvalue weighted by molar-refractivity contribution is 7.92. The van der Waals surface area contributed by atoms with Gasteiger partial charge in [-0.2, -0.15) is 0 Å². The van der Waals surface area contributed by atoms with Gasteiger partial charge in [-0.05, 0) is 63.8 Å². The number of carbonyl (C=O) groups is 2. The Morgan fingerprint density at radius 1 is 1.08 bits per heavy atom. The topological polar surface area (TPSA) is 86.8 Å². The molecule has 2 aromatic rings. The van der Waals surface area contributed by atoms with Crippen molar-refractivity contribution < 1.29 is 18.0 Å². The smallest absolute Gasteiger partial charge is 0.243 e. The van der Waals surface area contributed by atoms with Gasteiger partial charge in [0.2, 0.25) is 21.8 Å². The first-order chi connectivity index (χ1) is 16.8. The van der Waals surface area contributed by atoms with E-state index >= 15 is 0 Å². The molecular weight excluding hydrogens is 498 g/mol. The predicted molar refractivity (Wildman–Crippen MR) is 147 cm³/mol. The second kappa shape index (κ2) is 13.1. The van der Waals surface area contributed by atoms with Crippen LogP contribution in [0.15, 0.2) is 42.5 Å². The van der Waals surface area contributed by atoms with Crippen LogP contribution in [0.3, 0.4) is 0 Å². The fraction of sp³-hybridized carbons (Fsp3) is 0.481. The van der Waals surface area contributed by atoms with E-state index in [9.17, 15) is 18.0 Å². The van der Waals surface area contributed by atoms with Crippen LogP contribution in [0.2, 0.25) is 5.02 Å². The summed E-state index contributed by atoms with van der Waals surface area (Å²) < 4.78 is 26.4. The zero-order chi connectivity index (χ0) is 27.0. The Morgan fingerprint density at radius 3 is 2.33 bits per heavy atom. The number of hydrogen-bond donors (Lipinski definition) is 1. The van der Waals surface area contributed by atoms with E-state index < -0.39 is 16.1 Å². The van der Waals surface area contributed by atoms with E-state index in [0.717, 1.165) is 17.4 Å². The number of benzene rings is 2. The molecule has 0 aromatic heterocycles. The minimum atomic E-state index is -3.59. The third kappa shape index (κ3) is 8.23. The van der Waals surface area contributed by atoms with E-state index in [2.05, 4.69) is 5.32 Å². The number of nitrogens with one attached hydrogen (secondary N) is 1. The summed E-state index contributed by atoms with van der Waals surface area (Å²) in [6, 6.07) is 12.3. The number of carbonyl (C=O) groups excluding carboxylic acids is 2. The minimum Gasteiger partial charge on any atom is -0.352 e. The molecule has 0 radical (unpaired) electrons. The van der Waals surface area contributed by atoms with Gasteiger partial charge in [0.15, 0.2) is 0 Å². The number of amides is 2. The maximum atomic E-state index is 13.5. The summed E-state index contributed by atoms with van der Waals surface area (Å²) in [6.45, 7) is 9.82. The summed E-state index contributed by atoms with van der Waals surface area (Å²) in [6.07, 6.45) is 2.00. The van der Waals surface area contributed by atoms with Gasteiger partial charge < -0.3 is 10.2 Å². The lowest BCUT2D eigenvalue weighted by Gasteiger charge is -2.32. The Morgan fingerprint density at radius 2 is 1.75 bits per heavy atom. The molecule has 0 aliphatic rings. The van der Waals surface area contributed by atoms with Crippen molar-refractivity contribution in [1.82, 2.24) is 10.2 Å². The van der Waals surface area contributed by atoms with Crippen LogP contribution >= 0.6 is 11.6 Å². The molecule has 7 nitrogen and oxygen atoms in total. The van der Waals surface area contributed by atoms with Gasteiger partial charge in [-0.3, -0.25) is 13.9 Å². The van der Waals surface area contributed by atoms with Gasteiger partial charge in [0.1, 0.15) is 6.04 Å². The number of rotatable bonds is 12. The summed E-state index contributed by atoms with van der Waals surface area (Å²) >= 11 is 6.22. The molecule has 1 atom stereocenters. The molecule has 2 rings (SSSR count). The van der Waals surface area contributed by atoms with Crippen molar-refractivity contribution in [2.45, 2.75) is 72.5 Å². The van der Waals surface area contributed by atoms with E-state index in [1.54, 1.807) is 30.0 Å². The van der Waals surface area contributed by atoms with Crippen LogP contribution < -0.4 is 9.62 Å². The van der Waals surface area contributed by atoms with Gasteiger partial charge in [-0.25, -0.2) is 8.42 Å². The Bertz CT molecular complexity index is 1170. The lowest BCUT2D eigenvalue weighted by molar-refractivity contribution is -0.141. The van der Waals surface area contributed by atoms with Crippen molar-refractivity contribution in [3.63, 3.8) is 0 Å². The van der Waals surface area contributed by atoms with Crippen molar-refractivity contribution in [3.05, 3.63) is 64.2 Å². The Balaban J connectivity index is 2.25. The third-order valence-electron chi connectivity index (χ3n) is 5.91. The molecule has 0 heterocycles. The molecule has 9 heteroatoms. The van der Waals surface area contributed by atoms with E-state index in [1.165, 1.54) is 4.31 Å². The fourth-order valence-electron chi connectivity index (χ4n) is 4.16. The number of sulfonamides is 1. The fourth-order valence-corrected chi connectivity index (χ4v) is 5.34. The first-order valence-electron chi connectivity index (χ1n) is 12.2. The van der Waals surface area contributed by atoms with Crippen LogP contribution in [0.5, 0.6) is 0 Å². The zero-order valence-corrected chi connectivity index (χ0v) is 23.6. The average molecular weight is 536 g/mol. The van der Waals surface area contributed by atoms with E-state index in [-0.39, 0.29) is 30.8 Å². The predicted octanol–water partition coefficient (Wildman–Crippen LogP) is 4.84. The van der Waals surface area contributed by atoms with Crippen LogP contribution in [0.1, 0.15) is 56.7 Å². The van der Waals surface area contributed by atoms with Crippen molar-refractivity contribution in [3.8, 4) is 0 Å². The van der Waals surface area contributed by atoms with Crippen LogP contribution in [0.4, 0.5) is 5.69 Å². The first kappa shape index (κ1) is 29.6. The molecule has 0 bridgehead atoms. The number of aryl methyl sites for hydroxylation is 1. The molecule has 1 N–H and O–H groups in total. The second-order valence-electron chi connectivity index (χ2n) is 9.42. The van der Waals surface area contributed by atoms with Crippen LogP contribution in [-0.2, 0) is 26.2 Å². The SMILES string of the molecule is CCC(C(=O)NC(C)C)N(Cc1cccc(C)c1)C(=O)CCCN(c1cccc(Cl)c1C)S(C)(=O)=O.